The van der Waals surface area contributed by atoms with Gasteiger partial charge in [-0.2, -0.15) is 21.6 Å². The van der Waals surface area contributed by atoms with Gasteiger partial charge in [-0.05, 0) is 26.0 Å². The van der Waals surface area contributed by atoms with Crippen LogP contribution in [0.5, 0.6) is 11.5 Å². The fourth-order valence-corrected chi connectivity index (χ4v) is 3.12. The molecule has 0 aliphatic rings. The normalized spacial score (nSPS) is 12.7. The van der Waals surface area contributed by atoms with Gasteiger partial charge in [0.15, 0.2) is 5.75 Å². The quantitative estimate of drug-likeness (QED) is 0.548. The first-order valence-corrected chi connectivity index (χ1v) is 8.74. The fourth-order valence-electron chi connectivity index (χ4n) is 2.60. The molecule has 0 aliphatic carbocycles. The van der Waals surface area contributed by atoms with Crippen LogP contribution >= 0.6 is 0 Å². The molecule has 0 saturated carbocycles. The fraction of sp³-hybridized carbons (Fsp3) is 0.250. The molecular formula is C16H14F3NO4S. The molecule has 0 atom stereocenters. The second-order valence-electron chi connectivity index (χ2n) is 5.34. The highest BCUT2D eigenvalue weighted by Gasteiger charge is 2.49. The molecule has 0 amide bonds. The number of hydrogen-bond acceptors (Lipinski definition) is 4. The van der Waals surface area contributed by atoms with Gasteiger partial charge >= 0.3 is 15.6 Å². The first-order chi connectivity index (χ1) is 11.7. The summed E-state index contributed by atoms with van der Waals surface area (Å²) in [5.74, 6) is -0.165. The number of hydrogen-bond donors (Lipinski definition) is 1. The highest BCUT2D eigenvalue weighted by atomic mass is 32.2. The number of alkyl halides is 3. The van der Waals surface area contributed by atoms with Crippen LogP contribution in [0.2, 0.25) is 0 Å². The van der Waals surface area contributed by atoms with E-state index in [2.05, 4.69) is 9.17 Å². The van der Waals surface area contributed by atoms with Crippen LogP contribution in [-0.4, -0.2) is 25.5 Å². The number of rotatable bonds is 4. The second-order valence-corrected chi connectivity index (χ2v) is 6.88. The minimum absolute atomic E-state index is 0.161. The lowest BCUT2D eigenvalue weighted by Gasteiger charge is -2.15. The molecule has 3 rings (SSSR count). The molecule has 0 saturated heterocycles. The Kier molecular flexibility index (Phi) is 4.06. The predicted octanol–water partition coefficient (Wildman–Crippen LogP) is 4.26. The number of para-hydroxylation sites is 1. The van der Waals surface area contributed by atoms with E-state index >= 15 is 0 Å². The summed E-state index contributed by atoms with van der Waals surface area (Å²) in [5.41, 5.74) is -4.57. The standard InChI is InChI=1S/C16H14F3NO4S/c1-3-23-13-8-11-10-6-4-5-7-12(10)20-14(11)15(9(13)2)24-25(21,22)16(17,18)19/h4-8,20H,3H2,1-2H3. The van der Waals surface area contributed by atoms with Crippen LogP contribution in [0.4, 0.5) is 13.2 Å². The lowest BCUT2D eigenvalue weighted by Crippen LogP contribution is -2.28. The van der Waals surface area contributed by atoms with E-state index in [9.17, 15) is 21.6 Å². The molecule has 0 spiro atoms. The number of ether oxygens (including phenoxy) is 1. The van der Waals surface area contributed by atoms with Crippen molar-refractivity contribution in [2.75, 3.05) is 6.61 Å². The number of fused-ring (bicyclic) bond motifs is 3. The van der Waals surface area contributed by atoms with Crippen LogP contribution in [0.3, 0.4) is 0 Å². The van der Waals surface area contributed by atoms with E-state index in [1.165, 1.54) is 6.92 Å². The third-order valence-electron chi connectivity index (χ3n) is 3.74. The van der Waals surface area contributed by atoms with Crippen molar-refractivity contribution in [1.82, 2.24) is 4.98 Å². The van der Waals surface area contributed by atoms with Crippen molar-refractivity contribution in [3.63, 3.8) is 0 Å². The highest BCUT2D eigenvalue weighted by Crippen LogP contribution is 2.41. The van der Waals surface area contributed by atoms with Crippen molar-refractivity contribution in [3.05, 3.63) is 35.9 Å². The maximum absolute atomic E-state index is 12.7. The van der Waals surface area contributed by atoms with Gasteiger partial charge in [0.05, 0.1) is 12.1 Å². The summed E-state index contributed by atoms with van der Waals surface area (Å²) in [6.07, 6.45) is 0. The molecule has 2 aromatic carbocycles. The molecule has 134 valence electrons. The monoisotopic (exact) mass is 373 g/mol. The molecule has 25 heavy (non-hydrogen) atoms. The van der Waals surface area contributed by atoms with Gasteiger partial charge in [0, 0.05) is 21.9 Å². The zero-order valence-electron chi connectivity index (χ0n) is 13.3. The van der Waals surface area contributed by atoms with Crippen LogP contribution in [0.15, 0.2) is 30.3 Å². The van der Waals surface area contributed by atoms with E-state index in [0.717, 1.165) is 0 Å². The molecule has 1 aromatic heterocycles. The van der Waals surface area contributed by atoms with Crippen LogP contribution in [0.25, 0.3) is 21.8 Å². The number of aromatic nitrogens is 1. The van der Waals surface area contributed by atoms with Crippen molar-refractivity contribution in [1.29, 1.82) is 0 Å². The minimum Gasteiger partial charge on any atom is -0.493 e. The Hall–Kier alpha value is -2.42. The van der Waals surface area contributed by atoms with Crippen molar-refractivity contribution in [3.8, 4) is 11.5 Å². The van der Waals surface area contributed by atoms with Crippen LogP contribution in [0, 0.1) is 6.92 Å². The van der Waals surface area contributed by atoms with Gasteiger partial charge in [-0.25, -0.2) is 0 Å². The molecule has 0 aliphatic heterocycles. The topological polar surface area (TPSA) is 68.4 Å². The van der Waals surface area contributed by atoms with Crippen molar-refractivity contribution in [2.45, 2.75) is 19.4 Å². The van der Waals surface area contributed by atoms with E-state index in [1.54, 1.807) is 37.3 Å². The summed E-state index contributed by atoms with van der Waals surface area (Å²) in [6, 6.07) is 8.66. The van der Waals surface area contributed by atoms with Crippen molar-refractivity contribution in [2.24, 2.45) is 0 Å². The third kappa shape index (κ3) is 2.88. The number of H-pyrrole nitrogens is 1. The Morgan fingerprint density at radius 2 is 1.84 bits per heavy atom. The molecule has 0 radical (unpaired) electrons. The van der Waals surface area contributed by atoms with E-state index in [4.69, 9.17) is 4.74 Å². The highest BCUT2D eigenvalue weighted by molar-refractivity contribution is 7.88. The lowest BCUT2D eigenvalue weighted by atomic mass is 10.1. The Morgan fingerprint density at radius 1 is 1.16 bits per heavy atom. The summed E-state index contributed by atoms with van der Waals surface area (Å²) in [7, 11) is -5.81. The van der Waals surface area contributed by atoms with Gasteiger partial charge in [-0.1, -0.05) is 18.2 Å². The van der Waals surface area contributed by atoms with Gasteiger partial charge in [0.1, 0.15) is 5.75 Å². The Bertz CT molecular complexity index is 1050. The number of halogens is 3. The molecule has 5 nitrogen and oxygen atoms in total. The molecule has 0 bridgehead atoms. The summed E-state index contributed by atoms with van der Waals surface area (Å²) in [6.45, 7) is 3.42. The van der Waals surface area contributed by atoms with Crippen LogP contribution in [0.1, 0.15) is 12.5 Å². The summed E-state index contributed by atoms with van der Waals surface area (Å²) in [5, 5.41) is 1.23. The smallest absolute Gasteiger partial charge is 0.493 e. The molecule has 1 heterocycles. The molecule has 3 aromatic rings. The van der Waals surface area contributed by atoms with Gasteiger partial charge < -0.3 is 13.9 Å². The Labute approximate surface area is 141 Å². The average Bonchev–Trinajstić information content (AvgIpc) is 2.89. The lowest BCUT2D eigenvalue weighted by molar-refractivity contribution is -0.0499. The van der Waals surface area contributed by atoms with Crippen molar-refractivity contribution >= 4 is 31.9 Å². The van der Waals surface area contributed by atoms with Crippen LogP contribution < -0.4 is 8.92 Å². The summed E-state index contributed by atoms with van der Waals surface area (Å²) < 4.78 is 71.1. The number of benzene rings is 2. The average molecular weight is 373 g/mol. The van der Waals surface area contributed by atoms with Crippen molar-refractivity contribution < 1.29 is 30.5 Å². The van der Waals surface area contributed by atoms with E-state index in [0.29, 0.717) is 16.3 Å². The molecule has 0 unspecified atom stereocenters. The molecule has 9 heteroatoms. The predicted molar refractivity (Wildman–Crippen MR) is 87.3 cm³/mol. The minimum atomic E-state index is -5.81. The molecule has 0 fully saturated rings. The van der Waals surface area contributed by atoms with Gasteiger partial charge in [0.25, 0.3) is 0 Å². The Balaban J connectivity index is 2.33. The largest absolute Gasteiger partial charge is 0.534 e. The summed E-state index contributed by atoms with van der Waals surface area (Å²) in [4.78, 5) is 2.92. The number of nitrogens with one attached hydrogen (secondary N) is 1. The SMILES string of the molecule is CCOc1cc2c([nH]c3ccccc32)c(OS(=O)(=O)C(F)(F)F)c1C. The molecular weight excluding hydrogens is 359 g/mol. The maximum Gasteiger partial charge on any atom is 0.534 e. The van der Waals surface area contributed by atoms with Gasteiger partial charge in [-0.15, -0.1) is 0 Å². The first-order valence-electron chi connectivity index (χ1n) is 7.33. The Morgan fingerprint density at radius 3 is 2.48 bits per heavy atom. The van der Waals surface area contributed by atoms with Gasteiger partial charge in [0.2, 0.25) is 0 Å². The summed E-state index contributed by atoms with van der Waals surface area (Å²) >= 11 is 0. The van der Waals surface area contributed by atoms with Gasteiger partial charge in [-0.3, -0.25) is 0 Å². The molecule has 1 N–H and O–H groups in total. The third-order valence-corrected chi connectivity index (χ3v) is 4.69. The zero-order chi connectivity index (χ0) is 18.4. The van der Waals surface area contributed by atoms with E-state index in [-0.39, 0.29) is 23.4 Å². The van der Waals surface area contributed by atoms with Crippen LogP contribution in [-0.2, 0) is 10.1 Å². The maximum atomic E-state index is 12.7. The second kappa shape index (κ2) is 5.83. The zero-order valence-corrected chi connectivity index (χ0v) is 14.1. The van der Waals surface area contributed by atoms with E-state index < -0.39 is 21.4 Å². The number of aromatic amines is 1. The first kappa shape index (κ1) is 17.4. The van der Waals surface area contributed by atoms with E-state index in [1.807, 2.05) is 0 Å².